The van der Waals surface area contributed by atoms with Crippen molar-refractivity contribution in [2.24, 2.45) is 0 Å². The number of amides is 2. The minimum atomic E-state index is -0.732. The fourth-order valence-electron chi connectivity index (χ4n) is 2.26. The van der Waals surface area contributed by atoms with Crippen molar-refractivity contribution < 1.29 is 22.8 Å². The highest BCUT2D eigenvalue weighted by Crippen LogP contribution is 2.24. The summed E-state index contributed by atoms with van der Waals surface area (Å²) in [6.45, 7) is 0.326. The molecule has 124 valence electrons. The van der Waals surface area contributed by atoms with Crippen LogP contribution in [-0.4, -0.2) is 18.4 Å². The van der Waals surface area contributed by atoms with Crippen LogP contribution in [0.25, 0.3) is 0 Å². The molecule has 7 heteroatoms. The fraction of sp³-hybridized carbons (Fsp3) is 0.176. The first-order chi connectivity index (χ1) is 11.7. The van der Waals surface area contributed by atoms with Gasteiger partial charge in [-0.25, -0.2) is 0 Å². The largest absolute Gasteiger partial charge is 0.469 e. The third kappa shape index (κ3) is 3.75. The minimum absolute atomic E-state index is 0.152. The van der Waals surface area contributed by atoms with Crippen LogP contribution in [0.3, 0.4) is 0 Å². The van der Waals surface area contributed by atoms with Gasteiger partial charge in [0, 0.05) is 6.54 Å². The maximum absolute atomic E-state index is 11.9. The summed E-state index contributed by atoms with van der Waals surface area (Å²) >= 11 is 0. The molecule has 0 bridgehead atoms. The van der Waals surface area contributed by atoms with E-state index in [9.17, 15) is 9.59 Å². The van der Waals surface area contributed by atoms with Gasteiger partial charge in [-0.05, 0) is 36.4 Å². The van der Waals surface area contributed by atoms with Crippen LogP contribution in [0, 0.1) is 0 Å². The molecule has 3 aromatic heterocycles. The molecule has 0 aliphatic carbocycles. The molecule has 0 saturated heterocycles. The summed E-state index contributed by atoms with van der Waals surface area (Å²) in [6.07, 6.45) is 4.59. The van der Waals surface area contributed by atoms with E-state index in [1.165, 1.54) is 6.26 Å². The Balaban J connectivity index is 1.56. The van der Waals surface area contributed by atoms with Crippen molar-refractivity contribution in [3.05, 3.63) is 72.5 Å². The Morgan fingerprint density at radius 2 is 1.42 bits per heavy atom. The predicted molar refractivity (Wildman–Crippen MR) is 82.8 cm³/mol. The van der Waals surface area contributed by atoms with E-state index >= 15 is 0 Å². The zero-order valence-electron chi connectivity index (χ0n) is 12.7. The van der Waals surface area contributed by atoms with Crippen LogP contribution in [0.5, 0.6) is 0 Å². The number of furan rings is 3. The summed E-state index contributed by atoms with van der Waals surface area (Å²) in [5.74, 6) is 0.0771. The Bertz CT molecular complexity index is 726. The van der Waals surface area contributed by atoms with Crippen molar-refractivity contribution >= 4 is 11.8 Å². The Morgan fingerprint density at radius 1 is 0.833 bits per heavy atom. The molecule has 2 N–H and O–H groups in total. The zero-order valence-corrected chi connectivity index (χ0v) is 12.7. The van der Waals surface area contributed by atoms with E-state index in [4.69, 9.17) is 13.3 Å². The van der Waals surface area contributed by atoms with E-state index in [0.717, 1.165) is 0 Å². The van der Waals surface area contributed by atoms with Gasteiger partial charge in [0.05, 0.1) is 31.3 Å². The van der Waals surface area contributed by atoms with Crippen molar-refractivity contribution in [2.45, 2.75) is 12.5 Å². The lowest BCUT2D eigenvalue weighted by molar-refractivity contribution is -0.139. The average Bonchev–Trinajstić information content (AvgIpc) is 3.35. The van der Waals surface area contributed by atoms with E-state index in [1.54, 1.807) is 48.9 Å². The van der Waals surface area contributed by atoms with Crippen molar-refractivity contribution in [3.8, 4) is 0 Å². The van der Waals surface area contributed by atoms with Gasteiger partial charge in [0.25, 0.3) is 0 Å². The highest BCUT2D eigenvalue weighted by atomic mass is 16.3. The predicted octanol–water partition coefficient (Wildman–Crippen LogP) is 2.03. The number of carbonyl (C=O) groups is 2. The Hall–Kier alpha value is -3.22. The monoisotopic (exact) mass is 328 g/mol. The van der Waals surface area contributed by atoms with E-state index in [1.807, 2.05) is 0 Å². The van der Waals surface area contributed by atoms with Gasteiger partial charge in [0.2, 0.25) is 0 Å². The number of hydrogen-bond acceptors (Lipinski definition) is 5. The molecule has 3 heterocycles. The molecule has 0 atom stereocenters. The standard InChI is InChI=1S/C17H16N2O5/c20-16(18-10-12-4-1-7-22-12)17(21)19-11-13(14-5-2-8-23-14)15-6-3-9-24-15/h1-9,13H,10-11H2,(H,18,20)(H,19,21). The summed E-state index contributed by atoms with van der Waals surface area (Å²) in [6, 6.07) is 10.5. The summed E-state index contributed by atoms with van der Waals surface area (Å²) in [5, 5.41) is 5.07. The second kappa shape index (κ2) is 7.36. The van der Waals surface area contributed by atoms with Crippen molar-refractivity contribution in [3.63, 3.8) is 0 Å². The Kier molecular flexibility index (Phi) is 4.81. The number of carbonyl (C=O) groups excluding carboxylic acids is 2. The summed E-state index contributed by atoms with van der Waals surface area (Å²) in [4.78, 5) is 23.7. The highest BCUT2D eigenvalue weighted by Gasteiger charge is 2.22. The van der Waals surface area contributed by atoms with Crippen LogP contribution in [0.2, 0.25) is 0 Å². The van der Waals surface area contributed by atoms with Crippen molar-refractivity contribution in [2.75, 3.05) is 6.54 Å². The first-order valence-electron chi connectivity index (χ1n) is 7.39. The second-order valence-corrected chi connectivity index (χ2v) is 5.06. The first-order valence-corrected chi connectivity index (χ1v) is 7.39. The lowest BCUT2D eigenvalue weighted by Gasteiger charge is -2.13. The van der Waals surface area contributed by atoms with Gasteiger partial charge in [0.1, 0.15) is 17.3 Å². The molecule has 24 heavy (non-hydrogen) atoms. The summed E-state index contributed by atoms with van der Waals surface area (Å²) in [7, 11) is 0. The SMILES string of the molecule is O=C(NCc1ccco1)C(=O)NCC(c1ccco1)c1ccco1. The smallest absolute Gasteiger partial charge is 0.309 e. The highest BCUT2D eigenvalue weighted by molar-refractivity contribution is 6.35. The van der Waals surface area contributed by atoms with Crippen LogP contribution < -0.4 is 10.6 Å². The van der Waals surface area contributed by atoms with E-state index in [0.29, 0.717) is 17.3 Å². The lowest BCUT2D eigenvalue weighted by atomic mass is 10.0. The summed E-state index contributed by atoms with van der Waals surface area (Å²) in [5.41, 5.74) is 0. The molecule has 3 aromatic rings. The lowest BCUT2D eigenvalue weighted by Crippen LogP contribution is -2.41. The molecular formula is C17H16N2O5. The van der Waals surface area contributed by atoms with Crippen molar-refractivity contribution in [1.29, 1.82) is 0 Å². The van der Waals surface area contributed by atoms with Gasteiger partial charge in [-0.1, -0.05) is 0 Å². The molecule has 0 radical (unpaired) electrons. The van der Waals surface area contributed by atoms with Crippen LogP contribution in [0.1, 0.15) is 23.2 Å². The quantitative estimate of drug-likeness (QED) is 0.675. The van der Waals surface area contributed by atoms with E-state index in [-0.39, 0.29) is 19.0 Å². The maximum Gasteiger partial charge on any atom is 0.309 e. The van der Waals surface area contributed by atoms with Gasteiger partial charge in [-0.2, -0.15) is 0 Å². The molecular weight excluding hydrogens is 312 g/mol. The molecule has 0 unspecified atom stereocenters. The third-order valence-corrected chi connectivity index (χ3v) is 3.45. The molecule has 0 spiro atoms. The maximum atomic E-state index is 11.9. The molecule has 7 nitrogen and oxygen atoms in total. The second-order valence-electron chi connectivity index (χ2n) is 5.06. The van der Waals surface area contributed by atoms with Crippen LogP contribution in [0.15, 0.2) is 68.4 Å². The van der Waals surface area contributed by atoms with Crippen molar-refractivity contribution in [1.82, 2.24) is 10.6 Å². The van der Waals surface area contributed by atoms with E-state index < -0.39 is 11.8 Å². The molecule has 0 saturated carbocycles. The summed E-state index contributed by atoms with van der Waals surface area (Å²) < 4.78 is 15.9. The Morgan fingerprint density at radius 3 is 1.96 bits per heavy atom. The average molecular weight is 328 g/mol. The molecule has 0 aromatic carbocycles. The first kappa shape index (κ1) is 15.7. The number of hydrogen-bond donors (Lipinski definition) is 2. The van der Waals surface area contributed by atoms with Crippen LogP contribution >= 0.6 is 0 Å². The van der Waals surface area contributed by atoms with Crippen LogP contribution in [-0.2, 0) is 16.1 Å². The molecule has 2 amide bonds. The zero-order chi connectivity index (χ0) is 16.8. The molecule has 0 aliphatic rings. The Labute approximate surface area is 137 Å². The number of rotatable bonds is 6. The topological polar surface area (TPSA) is 97.6 Å². The van der Waals surface area contributed by atoms with Crippen LogP contribution in [0.4, 0.5) is 0 Å². The third-order valence-electron chi connectivity index (χ3n) is 3.45. The normalized spacial score (nSPS) is 10.7. The van der Waals surface area contributed by atoms with E-state index in [2.05, 4.69) is 10.6 Å². The van der Waals surface area contributed by atoms with Gasteiger partial charge in [-0.3, -0.25) is 9.59 Å². The molecule has 0 fully saturated rings. The fourth-order valence-corrected chi connectivity index (χ4v) is 2.26. The van der Waals surface area contributed by atoms with Gasteiger partial charge in [-0.15, -0.1) is 0 Å². The van der Waals surface area contributed by atoms with Gasteiger partial charge < -0.3 is 23.9 Å². The molecule has 0 aliphatic heterocycles. The molecule has 3 rings (SSSR count). The minimum Gasteiger partial charge on any atom is -0.469 e. The van der Waals surface area contributed by atoms with Gasteiger partial charge in [0.15, 0.2) is 0 Å². The number of nitrogens with one attached hydrogen (secondary N) is 2. The van der Waals surface area contributed by atoms with Gasteiger partial charge >= 0.3 is 11.8 Å².